The lowest BCUT2D eigenvalue weighted by molar-refractivity contribution is -0.141. The SMILES string of the molecule is Cc1cccc2sc(C(=O)NC(C(=O)O)C(C)CO)c(Cl)c12. The van der Waals surface area contributed by atoms with Gasteiger partial charge in [0.1, 0.15) is 10.9 Å². The van der Waals surface area contributed by atoms with Crippen LogP contribution in [-0.4, -0.2) is 34.7 Å². The Kier molecular flexibility index (Phi) is 5.05. The number of hydrogen-bond donors (Lipinski definition) is 3. The molecule has 2 unspecified atom stereocenters. The van der Waals surface area contributed by atoms with Gasteiger partial charge in [-0.2, -0.15) is 0 Å². The molecule has 0 bridgehead atoms. The van der Waals surface area contributed by atoms with Gasteiger partial charge in [0.25, 0.3) is 5.91 Å². The fourth-order valence-corrected chi connectivity index (χ4v) is 3.76. The van der Waals surface area contributed by atoms with E-state index in [1.165, 1.54) is 11.3 Å². The van der Waals surface area contributed by atoms with E-state index in [0.717, 1.165) is 15.6 Å². The van der Waals surface area contributed by atoms with E-state index in [-0.39, 0.29) is 11.5 Å². The summed E-state index contributed by atoms with van der Waals surface area (Å²) in [4.78, 5) is 23.9. The van der Waals surface area contributed by atoms with Gasteiger partial charge in [0.2, 0.25) is 0 Å². The maximum atomic E-state index is 12.4. The number of benzene rings is 1. The van der Waals surface area contributed by atoms with E-state index < -0.39 is 23.8 Å². The molecule has 2 rings (SSSR count). The smallest absolute Gasteiger partial charge is 0.326 e. The number of carboxylic acids is 1. The number of aliphatic hydroxyl groups is 1. The van der Waals surface area contributed by atoms with Gasteiger partial charge in [-0.15, -0.1) is 11.3 Å². The predicted octanol–water partition coefficient (Wildman–Crippen LogP) is 2.67. The second-order valence-corrected chi connectivity index (χ2v) is 6.57. The normalized spacial score (nSPS) is 13.8. The van der Waals surface area contributed by atoms with Crippen LogP contribution in [0.3, 0.4) is 0 Å². The highest BCUT2D eigenvalue weighted by atomic mass is 35.5. The number of hydrogen-bond acceptors (Lipinski definition) is 4. The molecule has 1 aromatic heterocycles. The molecule has 1 heterocycles. The minimum atomic E-state index is -1.19. The van der Waals surface area contributed by atoms with E-state index in [1.807, 2.05) is 25.1 Å². The number of nitrogens with one attached hydrogen (secondary N) is 1. The number of fused-ring (bicyclic) bond motifs is 1. The standard InChI is InChI=1S/C15H16ClNO4S/c1-7-4-3-5-9-10(7)11(16)13(22-9)14(19)17-12(15(20)21)8(2)6-18/h3-5,8,12,18H,6H2,1-2H3,(H,17,19)(H,20,21). The maximum absolute atomic E-state index is 12.4. The molecule has 118 valence electrons. The first-order chi connectivity index (χ1) is 10.4. The molecule has 1 amide bonds. The van der Waals surface area contributed by atoms with Gasteiger partial charge in [0.15, 0.2) is 0 Å². The quantitative estimate of drug-likeness (QED) is 0.780. The number of rotatable bonds is 5. The van der Waals surface area contributed by atoms with Crippen LogP contribution in [0.15, 0.2) is 18.2 Å². The van der Waals surface area contributed by atoms with Crippen molar-refractivity contribution in [2.75, 3.05) is 6.61 Å². The fraction of sp³-hybridized carbons (Fsp3) is 0.333. The van der Waals surface area contributed by atoms with E-state index in [9.17, 15) is 9.59 Å². The molecule has 0 saturated carbocycles. The average molecular weight is 342 g/mol. The van der Waals surface area contributed by atoms with Crippen LogP contribution >= 0.6 is 22.9 Å². The van der Waals surface area contributed by atoms with Gasteiger partial charge in [-0.25, -0.2) is 4.79 Å². The van der Waals surface area contributed by atoms with Crippen LogP contribution in [0.1, 0.15) is 22.2 Å². The monoisotopic (exact) mass is 341 g/mol. The zero-order valence-corrected chi connectivity index (χ0v) is 13.7. The van der Waals surface area contributed by atoms with Crippen LogP contribution in [0.25, 0.3) is 10.1 Å². The molecule has 0 saturated heterocycles. The molecule has 7 heteroatoms. The fourth-order valence-electron chi connectivity index (χ4n) is 2.18. The van der Waals surface area contributed by atoms with Crippen LogP contribution in [0.2, 0.25) is 5.02 Å². The molecule has 0 aliphatic carbocycles. The first kappa shape index (κ1) is 16.7. The molecule has 0 aliphatic rings. The molecule has 2 aromatic rings. The molecule has 2 atom stereocenters. The van der Waals surface area contributed by atoms with E-state index >= 15 is 0 Å². The topological polar surface area (TPSA) is 86.6 Å². The summed E-state index contributed by atoms with van der Waals surface area (Å²) in [6.07, 6.45) is 0. The number of halogens is 1. The van der Waals surface area contributed by atoms with E-state index in [0.29, 0.717) is 5.02 Å². The molecular formula is C15H16ClNO4S. The van der Waals surface area contributed by atoms with Crippen molar-refractivity contribution in [1.82, 2.24) is 5.32 Å². The molecule has 5 nitrogen and oxygen atoms in total. The molecule has 0 fully saturated rings. The molecule has 22 heavy (non-hydrogen) atoms. The Morgan fingerprint density at radius 2 is 2.09 bits per heavy atom. The highest BCUT2D eigenvalue weighted by Crippen LogP contribution is 2.37. The summed E-state index contributed by atoms with van der Waals surface area (Å²) < 4.78 is 0.872. The Balaban J connectivity index is 2.35. The van der Waals surface area contributed by atoms with Crippen LogP contribution < -0.4 is 5.32 Å². The van der Waals surface area contributed by atoms with Crippen molar-refractivity contribution >= 4 is 44.9 Å². The summed E-state index contributed by atoms with van der Waals surface area (Å²) in [5.74, 6) is -2.34. The summed E-state index contributed by atoms with van der Waals surface area (Å²) in [5.41, 5.74) is 0.955. The Morgan fingerprint density at radius 3 is 2.64 bits per heavy atom. The maximum Gasteiger partial charge on any atom is 0.326 e. The van der Waals surface area contributed by atoms with Gasteiger partial charge in [0, 0.05) is 22.6 Å². The lowest BCUT2D eigenvalue weighted by Gasteiger charge is -2.19. The first-order valence-corrected chi connectivity index (χ1v) is 7.88. The van der Waals surface area contributed by atoms with E-state index in [4.69, 9.17) is 21.8 Å². The zero-order chi connectivity index (χ0) is 16.4. The highest BCUT2D eigenvalue weighted by Gasteiger charge is 2.28. The Labute approximate surface area is 136 Å². The van der Waals surface area contributed by atoms with E-state index in [2.05, 4.69) is 5.32 Å². The summed E-state index contributed by atoms with van der Waals surface area (Å²) in [6.45, 7) is 3.11. The van der Waals surface area contributed by atoms with Gasteiger partial charge in [-0.05, 0) is 18.6 Å². The minimum Gasteiger partial charge on any atom is -0.480 e. The highest BCUT2D eigenvalue weighted by molar-refractivity contribution is 7.21. The van der Waals surface area contributed by atoms with Crippen molar-refractivity contribution in [2.24, 2.45) is 5.92 Å². The number of carboxylic acid groups (broad SMARTS) is 1. The summed E-state index contributed by atoms with van der Waals surface area (Å²) in [7, 11) is 0. The van der Waals surface area contributed by atoms with Crippen molar-refractivity contribution in [3.63, 3.8) is 0 Å². The third kappa shape index (κ3) is 3.09. The average Bonchev–Trinajstić information content (AvgIpc) is 2.82. The Bertz CT molecular complexity index is 728. The van der Waals surface area contributed by atoms with Crippen LogP contribution in [0.4, 0.5) is 0 Å². The summed E-state index contributed by atoms with van der Waals surface area (Å²) in [5, 5.41) is 21.8. The molecular weight excluding hydrogens is 326 g/mol. The number of aryl methyl sites for hydroxylation is 1. The number of aliphatic hydroxyl groups excluding tert-OH is 1. The van der Waals surface area contributed by atoms with Crippen molar-refractivity contribution in [1.29, 1.82) is 0 Å². The van der Waals surface area contributed by atoms with Crippen molar-refractivity contribution in [3.8, 4) is 0 Å². The number of carbonyl (C=O) groups excluding carboxylic acids is 1. The zero-order valence-electron chi connectivity index (χ0n) is 12.1. The van der Waals surface area contributed by atoms with E-state index in [1.54, 1.807) is 6.92 Å². The van der Waals surface area contributed by atoms with Gasteiger partial charge in [0.05, 0.1) is 5.02 Å². The second-order valence-electron chi connectivity index (χ2n) is 5.14. The van der Waals surface area contributed by atoms with Crippen LogP contribution in [0, 0.1) is 12.8 Å². The third-order valence-electron chi connectivity index (χ3n) is 3.48. The molecule has 0 aliphatic heterocycles. The first-order valence-electron chi connectivity index (χ1n) is 6.69. The van der Waals surface area contributed by atoms with Gasteiger partial charge < -0.3 is 15.5 Å². The molecule has 3 N–H and O–H groups in total. The van der Waals surface area contributed by atoms with Gasteiger partial charge in [-0.3, -0.25) is 4.79 Å². The third-order valence-corrected chi connectivity index (χ3v) is 5.13. The predicted molar refractivity (Wildman–Crippen MR) is 86.7 cm³/mol. The molecule has 0 spiro atoms. The largest absolute Gasteiger partial charge is 0.480 e. The van der Waals surface area contributed by atoms with Crippen LogP contribution in [0.5, 0.6) is 0 Å². The van der Waals surface area contributed by atoms with Gasteiger partial charge >= 0.3 is 5.97 Å². The minimum absolute atomic E-state index is 0.280. The Hall–Kier alpha value is -1.63. The number of thiophene rings is 1. The number of carbonyl (C=O) groups is 2. The number of amides is 1. The van der Waals surface area contributed by atoms with Crippen molar-refractivity contribution in [3.05, 3.63) is 33.7 Å². The second kappa shape index (κ2) is 6.64. The summed E-state index contributed by atoms with van der Waals surface area (Å²) in [6, 6.07) is 4.47. The van der Waals surface area contributed by atoms with Gasteiger partial charge in [-0.1, -0.05) is 30.7 Å². The lowest BCUT2D eigenvalue weighted by Crippen LogP contribution is -2.46. The number of aliphatic carboxylic acids is 1. The molecule has 0 radical (unpaired) electrons. The van der Waals surface area contributed by atoms with Crippen molar-refractivity contribution in [2.45, 2.75) is 19.9 Å². The summed E-state index contributed by atoms with van der Waals surface area (Å²) >= 11 is 7.51. The molecule has 1 aromatic carbocycles. The lowest BCUT2D eigenvalue weighted by atomic mass is 10.0. The Morgan fingerprint density at radius 1 is 1.41 bits per heavy atom. The van der Waals surface area contributed by atoms with Crippen LogP contribution in [-0.2, 0) is 4.79 Å². The van der Waals surface area contributed by atoms with Crippen molar-refractivity contribution < 1.29 is 19.8 Å².